The molecule has 1 aliphatic rings. The zero-order valence-electron chi connectivity index (χ0n) is 19.5. The normalized spacial score (nSPS) is 14.6. The van der Waals surface area contributed by atoms with Crippen molar-refractivity contribution in [3.05, 3.63) is 101 Å². The molecule has 5 rings (SSSR count). The maximum absolute atomic E-state index is 12.5. The Kier molecular flexibility index (Phi) is 6.91. The van der Waals surface area contributed by atoms with Crippen LogP contribution in [0.3, 0.4) is 0 Å². The molecular weight excluding hydrogens is 440 g/mol. The number of amides is 1. The fourth-order valence-electron chi connectivity index (χ4n) is 4.47. The van der Waals surface area contributed by atoms with E-state index in [9.17, 15) is 9.59 Å². The highest BCUT2D eigenvalue weighted by Crippen LogP contribution is 2.25. The second-order valence-electron chi connectivity index (χ2n) is 8.89. The molecule has 6 heteroatoms. The number of hydrogen-bond donors (Lipinski definition) is 1. The molecule has 0 spiro atoms. The largest absolute Gasteiger partial charge is 0.484 e. The number of carbonyl (C=O) groups excluding carboxylic acids is 1. The third-order valence-electron chi connectivity index (χ3n) is 6.33. The molecule has 1 N–H and O–H groups in total. The van der Waals surface area contributed by atoms with E-state index >= 15 is 0 Å². The summed E-state index contributed by atoms with van der Waals surface area (Å²) < 4.78 is 11.7. The summed E-state index contributed by atoms with van der Waals surface area (Å²) in [5.74, 6) is 0.835. The molecule has 4 aromatic rings. The van der Waals surface area contributed by atoms with Crippen LogP contribution in [-0.4, -0.2) is 36.5 Å². The minimum absolute atomic E-state index is 0.0850. The van der Waals surface area contributed by atoms with Gasteiger partial charge in [0.15, 0.2) is 12.0 Å². The lowest BCUT2D eigenvalue weighted by atomic mass is 10.0. The van der Waals surface area contributed by atoms with Crippen molar-refractivity contribution >= 4 is 16.9 Å². The van der Waals surface area contributed by atoms with Crippen LogP contribution in [0.25, 0.3) is 22.3 Å². The van der Waals surface area contributed by atoms with Crippen LogP contribution in [0.2, 0.25) is 0 Å². The molecule has 0 bridgehead atoms. The molecular formula is C29H28N2O4. The van der Waals surface area contributed by atoms with Gasteiger partial charge in [-0.25, -0.2) is 0 Å². The first-order chi connectivity index (χ1) is 17.1. The van der Waals surface area contributed by atoms with Gasteiger partial charge in [0.1, 0.15) is 17.1 Å². The summed E-state index contributed by atoms with van der Waals surface area (Å²) in [6.45, 7) is 2.76. The van der Waals surface area contributed by atoms with E-state index in [-0.39, 0.29) is 24.0 Å². The van der Waals surface area contributed by atoms with E-state index in [0.29, 0.717) is 22.5 Å². The standard InChI is InChI=1S/C29H28N2O4/c32-26-18-27(22-9-5-2-6-10-22)35-28-17-24(11-12-25(26)28)34-20-29(33)30-23-13-15-31(16-14-23)19-21-7-3-1-4-8-21/h1-12,17-18,23H,13-16,19-20H2,(H,30,33). The monoisotopic (exact) mass is 468 g/mol. The summed E-state index contributed by atoms with van der Waals surface area (Å²) in [6, 6.07) is 26.6. The van der Waals surface area contributed by atoms with Gasteiger partial charge >= 0.3 is 0 Å². The first-order valence-corrected chi connectivity index (χ1v) is 12.0. The molecule has 1 amide bonds. The summed E-state index contributed by atoms with van der Waals surface area (Å²) >= 11 is 0. The molecule has 1 aromatic heterocycles. The Morgan fingerprint density at radius 1 is 0.943 bits per heavy atom. The maximum Gasteiger partial charge on any atom is 0.258 e. The number of rotatable bonds is 7. The van der Waals surface area contributed by atoms with E-state index in [1.165, 1.54) is 11.6 Å². The van der Waals surface area contributed by atoms with Crippen molar-refractivity contribution in [2.75, 3.05) is 19.7 Å². The van der Waals surface area contributed by atoms with Crippen molar-refractivity contribution in [2.24, 2.45) is 0 Å². The van der Waals surface area contributed by atoms with Crippen molar-refractivity contribution < 1.29 is 13.9 Å². The van der Waals surface area contributed by atoms with Crippen molar-refractivity contribution in [3.8, 4) is 17.1 Å². The SMILES string of the molecule is O=C(COc1ccc2c(=O)cc(-c3ccccc3)oc2c1)NC1CCN(Cc2ccccc2)CC1. The van der Waals surface area contributed by atoms with Gasteiger partial charge in [0.05, 0.1) is 5.39 Å². The number of hydrogen-bond acceptors (Lipinski definition) is 5. The average Bonchev–Trinajstić information content (AvgIpc) is 2.89. The quantitative estimate of drug-likeness (QED) is 0.429. The molecule has 3 aromatic carbocycles. The van der Waals surface area contributed by atoms with E-state index in [2.05, 4.69) is 34.5 Å². The molecule has 0 aliphatic carbocycles. The Morgan fingerprint density at radius 3 is 2.40 bits per heavy atom. The van der Waals surface area contributed by atoms with Crippen LogP contribution in [0.5, 0.6) is 5.75 Å². The van der Waals surface area contributed by atoms with Gasteiger partial charge < -0.3 is 14.5 Å². The summed E-state index contributed by atoms with van der Waals surface area (Å²) in [5, 5.41) is 3.56. The van der Waals surface area contributed by atoms with E-state index < -0.39 is 0 Å². The predicted molar refractivity (Wildman–Crippen MR) is 136 cm³/mol. The number of nitrogens with zero attached hydrogens (tertiary/aromatic N) is 1. The van der Waals surface area contributed by atoms with Crippen molar-refractivity contribution in [2.45, 2.75) is 25.4 Å². The van der Waals surface area contributed by atoms with Crippen LogP contribution < -0.4 is 15.5 Å². The van der Waals surface area contributed by atoms with Crippen LogP contribution in [0.4, 0.5) is 0 Å². The van der Waals surface area contributed by atoms with Crippen LogP contribution in [-0.2, 0) is 11.3 Å². The smallest absolute Gasteiger partial charge is 0.258 e. The maximum atomic E-state index is 12.5. The zero-order chi connectivity index (χ0) is 24.0. The number of benzene rings is 3. The van der Waals surface area contributed by atoms with Gasteiger partial charge in [-0.15, -0.1) is 0 Å². The van der Waals surface area contributed by atoms with Gasteiger partial charge in [0.2, 0.25) is 0 Å². The Labute approximate surface area is 204 Å². The fourth-order valence-corrected chi connectivity index (χ4v) is 4.47. The first kappa shape index (κ1) is 22.9. The second kappa shape index (κ2) is 10.6. The van der Waals surface area contributed by atoms with Crippen LogP contribution in [0, 0.1) is 0 Å². The highest BCUT2D eigenvalue weighted by atomic mass is 16.5. The Balaban J connectivity index is 1.15. The Bertz CT molecular complexity index is 1340. The number of carbonyl (C=O) groups is 1. The molecule has 2 heterocycles. The molecule has 1 aliphatic heterocycles. The average molecular weight is 469 g/mol. The Morgan fingerprint density at radius 2 is 1.66 bits per heavy atom. The van der Waals surface area contributed by atoms with Crippen LogP contribution >= 0.6 is 0 Å². The molecule has 0 radical (unpaired) electrons. The van der Waals surface area contributed by atoms with Gasteiger partial charge in [-0.3, -0.25) is 14.5 Å². The van der Waals surface area contributed by atoms with Crippen molar-refractivity contribution in [3.63, 3.8) is 0 Å². The summed E-state index contributed by atoms with van der Waals surface area (Å²) in [7, 11) is 0. The van der Waals surface area contributed by atoms with E-state index in [1.807, 2.05) is 36.4 Å². The molecule has 178 valence electrons. The fraction of sp³-hybridized carbons (Fsp3) is 0.241. The van der Waals surface area contributed by atoms with E-state index in [1.54, 1.807) is 18.2 Å². The van der Waals surface area contributed by atoms with Crippen LogP contribution in [0.15, 0.2) is 94.1 Å². The minimum Gasteiger partial charge on any atom is -0.484 e. The second-order valence-corrected chi connectivity index (χ2v) is 8.89. The molecule has 6 nitrogen and oxygen atoms in total. The third-order valence-corrected chi connectivity index (χ3v) is 6.33. The molecule has 0 atom stereocenters. The van der Waals surface area contributed by atoms with Gasteiger partial charge in [0.25, 0.3) is 5.91 Å². The lowest BCUT2D eigenvalue weighted by Crippen LogP contribution is -2.45. The lowest BCUT2D eigenvalue weighted by Gasteiger charge is -2.32. The van der Waals surface area contributed by atoms with Crippen LogP contribution in [0.1, 0.15) is 18.4 Å². The highest BCUT2D eigenvalue weighted by Gasteiger charge is 2.21. The first-order valence-electron chi connectivity index (χ1n) is 12.0. The number of nitrogens with one attached hydrogen (secondary N) is 1. The van der Waals surface area contributed by atoms with E-state index in [0.717, 1.165) is 38.0 Å². The van der Waals surface area contributed by atoms with Crippen molar-refractivity contribution in [1.82, 2.24) is 10.2 Å². The molecule has 35 heavy (non-hydrogen) atoms. The minimum atomic E-state index is -0.147. The Hall–Kier alpha value is -3.90. The van der Waals surface area contributed by atoms with Gasteiger partial charge in [-0.2, -0.15) is 0 Å². The summed E-state index contributed by atoms with van der Waals surface area (Å²) in [5.41, 5.74) is 2.45. The van der Waals surface area contributed by atoms with Gasteiger partial charge in [0, 0.05) is 43.4 Å². The van der Waals surface area contributed by atoms with Crippen molar-refractivity contribution in [1.29, 1.82) is 0 Å². The topological polar surface area (TPSA) is 71.8 Å². The van der Waals surface area contributed by atoms with Gasteiger partial charge in [-0.05, 0) is 30.5 Å². The van der Waals surface area contributed by atoms with E-state index in [4.69, 9.17) is 9.15 Å². The molecule has 0 saturated carbocycles. The lowest BCUT2D eigenvalue weighted by molar-refractivity contribution is -0.124. The third kappa shape index (κ3) is 5.78. The number of likely N-dealkylation sites (tertiary alicyclic amines) is 1. The predicted octanol–water partition coefficient (Wildman–Crippen LogP) is 4.62. The molecule has 1 saturated heterocycles. The number of fused-ring (bicyclic) bond motifs is 1. The molecule has 0 unspecified atom stereocenters. The van der Waals surface area contributed by atoms with Gasteiger partial charge in [-0.1, -0.05) is 60.7 Å². The zero-order valence-corrected chi connectivity index (χ0v) is 19.5. The molecule has 1 fully saturated rings. The number of piperidine rings is 1. The number of ether oxygens (including phenoxy) is 1. The summed E-state index contributed by atoms with van der Waals surface area (Å²) in [6.07, 6.45) is 1.84. The summed E-state index contributed by atoms with van der Waals surface area (Å²) in [4.78, 5) is 27.4. The highest BCUT2D eigenvalue weighted by molar-refractivity contribution is 5.81.